The van der Waals surface area contributed by atoms with Crippen molar-refractivity contribution < 1.29 is 14.3 Å². The fourth-order valence-electron chi connectivity index (χ4n) is 2.81. The van der Waals surface area contributed by atoms with E-state index >= 15 is 0 Å². The molecule has 0 aromatic carbocycles. The fraction of sp³-hybridized carbons (Fsp3) is 0.583. The lowest BCUT2D eigenvalue weighted by Gasteiger charge is -2.55. The highest BCUT2D eigenvalue weighted by atomic mass is 16.4. The Morgan fingerprint density at radius 1 is 1.44 bits per heavy atom. The van der Waals surface area contributed by atoms with Crippen molar-refractivity contribution in [2.75, 3.05) is 13.1 Å². The number of carboxylic acids is 1. The van der Waals surface area contributed by atoms with Gasteiger partial charge in [-0.05, 0) is 30.4 Å². The number of hydrogen-bond donors (Lipinski definition) is 1. The lowest BCUT2D eigenvalue weighted by molar-refractivity contribution is -0.0672. The Balaban J connectivity index is 1.57. The quantitative estimate of drug-likeness (QED) is 0.847. The molecule has 0 bridgehead atoms. The zero-order chi connectivity index (χ0) is 11.2. The van der Waals surface area contributed by atoms with Gasteiger partial charge >= 0.3 is 5.97 Å². The van der Waals surface area contributed by atoms with Gasteiger partial charge in [-0.15, -0.1) is 0 Å². The summed E-state index contributed by atoms with van der Waals surface area (Å²) in [5.74, 6) is -0.203. The summed E-state index contributed by atoms with van der Waals surface area (Å²) in [5.41, 5.74) is 0.613. The molecule has 1 aromatic heterocycles. The normalized spacial score (nSPS) is 22.8. The minimum absolute atomic E-state index is 0.0360. The van der Waals surface area contributed by atoms with Gasteiger partial charge in [0, 0.05) is 13.1 Å². The lowest BCUT2D eigenvalue weighted by atomic mass is 9.63. The van der Waals surface area contributed by atoms with Crippen molar-refractivity contribution in [1.29, 1.82) is 0 Å². The molecule has 1 saturated heterocycles. The molecule has 0 radical (unpaired) electrons. The maximum absolute atomic E-state index is 10.6. The number of carboxylic acid groups (broad SMARTS) is 1. The van der Waals surface area contributed by atoms with Crippen LogP contribution in [0.2, 0.25) is 0 Å². The van der Waals surface area contributed by atoms with E-state index in [0.717, 1.165) is 25.4 Å². The summed E-state index contributed by atoms with van der Waals surface area (Å²) in [6.45, 7) is 3.04. The fourth-order valence-corrected chi connectivity index (χ4v) is 2.81. The molecular formula is C12H15NO3. The lowest BCUT2D eigenvalue weighted by Crippen LogP contribution is -2.58. The minimum Gasteiger partial charge on any atom is -0.475 e. The van der Waals surface area contributed by atoms with E-state index in [0.29, 0.717) is 5.41 Å². The molecule has 1 aliphatic carbocycles. The Kier molecular flexibility index (Phi) is 2.07. The number of aromatic carboxylic acids is 1. The molecule has 1 spiro atoms. The molecule has 2 fully saturated rings. The van der Waals surface area contributed by atoms with Crippen LogP contribution in [0, 0.1) is 5.41 Å². The first kappa shape index (κ1) is 9.90. The average Bonchev–Trinajstić information content (AvgIpc) is 2.55. The van der Waals surface area contributed by atoms with Crippen LogP contribution in [0.15, 0.2) is 16.5 Å². The Morgan fingerprint density at radius 3 is 2.69 bits per heavy atom. The van der Waals surface area contributed by atoms with Crippen molar-refractivity contribution in [2.24, 2.45) is 5.41 Å². The van der Waals surface area contributed by atoms with Gasteiger partial charge in [0.05, 0.1) is 6.54 Å². The molecular weight excluding hydrogens is 206 g/mol. The number of hydrogen-bond acceptors (Lipinski definition) is 3. The van der Waals surface area contributed by atoms with Crippen LogP contribution in [0.1, 0.15) is 35.6 Å². The first-order chi connectivity index (χ1) is 7.67. The second-order valence-corrected chi connectivity index (χ2v) is 5.07. The number of likely N-dealkylation sites (tertiary alicyclic amines) is 1. The van der Waals surface area contributed by atoms with Gasteiger partial charge in [0.2, 0.25) is 5.76 Å². The van der Waals surface area contributed by atoms with Crippen LogP contribution in [0.5, 0.6) is 0 Å². The number of carbonyl (C=O) groups is 1. The zero-order valence-electron chi connectivity index (χ0n) is 9.11. The second-order valence-electron chi connectivity index (χ2n) is 5.07. The maximum atomic E-state index is 10.6. The van der Waals surface area contributed by atoms with E-state index in [1.165, 1.54) is 25.3 Å². The molecule has 86 valence electrons. The Morgan fingerprint density at radius 2 is 2.19 bits per heavy atom. The van der Waals surface area contributed by atoms with Gasteiger partial charge in [-0.1, -0.05) is 6.42 Å². The molecule has 4 nitrogen and oxygen atoms in total. The van der Waals surface area contributed by atoms with Crippen molar-refractivity contribution in [3.63, 3.8) is 0 Å². The summed E-state index contributed by atoms with van der Waals surface area (Å²) in [4.78, 5) is 13.0. The van der Waals surface area contributed by atoms with Crippen LogP contribution in [0.3, 0.4) is 0 Å². The highest BCUT2D eigenvalue weighted by Gasteiger charge is 2.46. The molecule has 4 heteroatoms. The van der Waals surface area contributed by atoms with Gasteiger partial charge < -0.3 is 9.52 Å². The topological polar surface area (TPSA) is 53.7 Å². The van der Waals surface area contributed by atoms with E-state index in [1.807, 2.05) is 0 Å². The summed E-state index contributed by atoms with van der Waals surface area (Å²) < 4.78 is 5.23. The first-order valence-corrected chi connectivity index (χ1v) is 5.71. The molecule has 2 aliphatic rings. The van der Waals surface area contributed by atoms with Gasteiger partial charge in [-0.3, -0.25) is 4.90 Å². The number of furan rings is 1. The molecule has 2 heterocycles. The summed E-state index contributed by atoms with van der Waals surface area (Å²) in [7, 11) is 0. The van der Waals surface area contributed by atoms with Gasteiger partial charge in [-0.2, -0.15) is 0 Å². The first-order valence-electron chi connectivity index (χ1n) is 5.71. The molecule has 3 rings (SSSR count). The van der Waals surface area contributed by atoms with E-state index in [-0.39, 0.29) is 5.76 Å². The second kappa shape index (κ2) is 3.35. The van der Waals surface area contributed by atoms with E-state index in [2.05, 4.69) is 4.90 Å². The highest BCUT2D eigenvalue weighted by Crippen LogP contribution is 2.48. The van der Waals surface area contributed by atoms with Crippen molar-refractivity contribution >= 4 is 5.97 Å². The van der Waals surface area contributed by atoms with Crippen molar-refractivity contribution in [2.45, 2.75) is 25.8 Å². The Bertz CT molecular complexity index is 412. The molecule has 0 unspecified atom stereocenters. The molecule has 0 amide bonds. The average molecular weight is 221 g/mol. The third kappa shape index (κ3) is 1.53. The molecule has 1 aliphatic heterocycles. The summed E-state index contributed by atoms with van der Waals surface area (Å²) in [6.07, 6.45) is 4.10. The van der Waals surface area contributed by atoms with E-state index in [1.54, 1.807) is 6.07 Å². The third-order valence-electron chi connectivity index (χ3n) is 3.78. The molecule has 1 aromatic rings. The van der Waals surface area contributed by atoms with Crippen molar-refractivity contribution in [3.05, 3.63) is 23.7 Å². The Labute approximate surface area is 93.8 Å². The van der Waals surface area contributed by atoms with Crippen molar-refractivity contribution in [3.8, 4) is 0 Å². The van der Waals surface area contributed by atoms with Crippen LogP contribution in [-0.4, -0.2) is 29.1 Å². The predicted octanol–water partition coefficient (Wildman–Crippen LogP) is 1.96. The van der Waals surface area contributed by atoms with E-state index in [9.17, 15) is 4.79 Å². The smallest absolute Gasteiger partial charge is 0.371 e. The number of nitrogens with zero attached hydrogens (tertiary/aromatic N) is 1. The zero-order valence-corrected chi connectivity index (χ0v) is 9.11. The van der Waals surface area contributed by atoms with E-state index < -0.39 is 5.97 Å². The van der Waals surface area contributed by atoms with E-state index in [4.69, 9.17) is 9.52 Å². The molecule has 1 N–H and O–H groups in total. The van der Waals surface area contributed by atoms with Crippen LogP contribution in [0.25, 0.3) is 0 Å². The molecule has 1 saturated carbocycles. The van der Waals surface area contributed by atoms with Crippen LogP contribution in [0.4, 0.5) is 0 Å². The third-order valence-corrected chi connectivity index (χ3v) is 3.78. The standard InChI is InChI=1S/C12H15NO3/c14-11(15)10-3-2-9(16-10)6-13-7-12(8-13)4-1-5-12/h2-3H,1,4-8H2,(H,14,15). The maximum Gasteiger partial charge on any atom is 0.371 e. The monoisotopic (exact) mass is 221 g/mol. The Hall–Kier alpha value is -1.29. The predicted molar refractivity (Wildman–Crippen MR) is 57.2 cm³/mol. The summed E-state index contributed by atoms with van der Waals surface area (Å²) in [5, 5.41) is 8.73. The molecule has 0 atom stereocenters. The van der Waals surface area contributed by atoms with Gasteiger partial charge in [0.1, 0.15) is 5.76 Å². The number of rotatable bonds is 3. The van der Waals surface area contributed by atoms with Crippen LogP contribution < -0.4 is 0 Å². The van der Waals surface area contributed by atoms with Gasteiger partial charge in [-0.25, -0.2) is 4.79 Å². The molecule has 16 heavy (non-hydrogen) atoms. The van der Waals surface area contributed by atoms with Crippen LogP contribution >= 0.6 is 0 Å². The van der Waals surface area contributed by atoms with Gasteiger partial charge in [0.25, 0.3) is 0 Å². The highest BCUT2D eigenvalue weighted by molar-refractivity contribution is 5.84. The van der Waals surface area contributed by atoms with Gasteiger partial charge in [0.15, 0.2) is 0 Å². The minimum atomic E-state index is -0.995. The SMILES string of the molecule is O=C(O)c1ccc(CN2CC3(CCC3)C2)o1. The summed E-state index contributed by atoms with van der Waals surface area (Å²) >= 11 is 0. The van der Waals surface area contributed by atoms with Crippen LogP contribution in [-0.2, 0) is 6.54 Å². The largest absolute Gasteiger partial charge is 0.475 e. The van der Waals surface area contributed by atoms with Crippen molar-refractivity contribution in [1.82, 2.24) is 4.90 Å². The summed E-state index contributed by atoms with van der Waals surface area (Å²) in [6, 6.07) is 3.28.